The highest BCUT2D eigenvalue weighted by molar-refractivity contribution is 5.96. The van der Waals surface area contributed by atoms with Crippen LogP contribution in [0.15, 0.2) is 42.5 Å². The van der Waals surface area contributed by atoms with Crippen LogP contribution in [-0.4, -0.2) is 44.2 Å². The SMILES string of the molecule is CC(CC(=O)Nc1cccc(N2CCCC2)c1)NC(=O)c1ccc2c(c1)OCCCO2. The summed E-state index contributed by atoms with van der Waals surface area (Å²) in [7, 11) is 0. The number of hydrogen-bond donors (Lipinski definition) is 2. The van der Waals surface area contributed by atoms with E-state index in [2.05, 4.69) is 21.6 Å². The van der Waals surface area contributed by atoms with Gasteiger partial charge in [-0.05, 0) is 56.2 Å². The third-order valence-corrected chi connectivity index (χ3v) is 5.48. The van der Waals surface area contributed by atoms with Crippen molar-refractivity contribution in [2.75, 3.05) is 36.5 Å². The number of ether oxygens (including phenoxy) is 2. The summed E-state index contributed by atoms with van der Waals surface area (Å²) in [5, 5.41) is 5.83. The third-order valence-electron chi connectivity index (χ3n) is 5.48. The lowest BCUT2D eigenvalue weighted by molar-refractivity contribution is -0.116. The quantitative estimate of drug-likeness (QED) is 0.742. The molecule has 31 heavy (non-hydrogen) atoms. The van der Waals surface area contributed by atoms with Crippen LogP contribution < -0.4 is 25.0 Å². The molecule has 7 heteroatoms. The number of nitrogens with one attached hydrogen (secondary N) is 2. The zero-order chi connectivity index (χ0) is 21.6. The Bertz CT molecular complexity index is 940. The molecule has 2 aliphatic heterocycles. The van der Waals surface area contributed by atoms with Gasteiger partial charge in [0.25, 0.3) is 5.91 Å². The molecule has 2 heterocycles. The number of amides is 2. The maximum atomic E-state index is 12.6. The van der Waals surface area contributed by atoms with Crippen molar-refractivity contribution in [2.45, 2.75) is 38.6 Å². The summed E-state index contributed by atoms with van der Waals surface area (Å²) in [4.78, 5) is 27.4. The van der Waals surface area contributed by atoms with Gasteiger partial charge in [0.05, 0.1) is 13.2 Å². The number of fused-ring (bicyclic) bond motifs is 1. The Labute approximate surface area is 182 Å². The Kier molecular flexibility index (Phi) is 6.60. The number of anilines is 2. The molecule has 2 aromatic carbocycles. The summed E-state index contributed by atoms with van der Waals surface area (Å²) in [5.74, 6) is 0.850. The van der Waals surface area contributed by atoms with E-state index in [1.54, 1.807) is 18.2 Å². The Hall–Kier alpha value is -3.22. The first-order valence-corrected chi connectivity index (χ1v) is 10.9. The van der Waals surface area contributed by atoms with E-state index in [4.69, 9.17) is 9.47 Å². The third kappa shape index (κ3) is 5.48. The summed E-state index contributed by atoms with van der Waals surface area (Å²) in [6.45, 7) is 5.10. The van der Waals surface area contributed by atoms with Gasteiger partial charge in [0.2, 0.25) is 5.91 Å². The highest BCUT2D eigenvalue weighted by atomic mass is 16.5. The van der Waals surface area contributed by atoms with Crippen molar-refractivity contribution >= 4 is 23.2 Å². The zero-order valence-electron chi connectivity index (χ0n) is 17.9. The monoisotopic (exact) mass is 423 g/mol. The van der Waals surface area contributed by atoms with Crippen molar-refractivity contribution < 1.29 is 19.1 Å². The molecule has 1 atom stereocenters. The molecule has 0 aromatic heterocycles. The minimum atomic E-state index is -0.315. The zero-order valence-corrected chi connectivity index (χ0v) is 17.9. The fourth-order valence-corrected chi connectivity index (χ4v) is 3.91. The predicted molar refractivity (Wildman–Crippen MR) is 120 cm³/mol. The number of carbonyl (C=O) groups excluding carboxylic acids is 2. The van der Waals surface area contributed by atoms with Crippen molar-refractivity contribution in [3.05, 3.63) is 48.0 Å². The van der Waals surface area contributed by atoms with Gasteiger partial charge in [0.15, 0.2) is 11.5 Å². The molecule has 1 fully saturated rings. The van der Waals surface area contributed by atoms with E-state index in [9.17, 15) is 9.59 Å². The Morgan fingerprint density at radius 1 is 1.00 bits per heavy atom. The molecule has 2 amide bonds. The summed E-state index contributed by atoms with van der Waals surface area (Å²) >= 11 is 0. The minimum Gasteiger partial charge on any atom is -0.490 e. The van der Waals surface area contributed by atoms with Crippen molar-refractivity contribution in [3.63, 3.8) is 0 Å². The molecule has 0 bridgehead atoms. The highest BCUT2D eigenvalue weighted by Gasteiger charge is 2.18. The number of nitrogens with zero attached hydrogens (tertiary/aromatic N) is 1. The molecule has 0 saturated carbocycles. The second-order valence-corrected chi connectivity index (χ2v) is 8.08. The van der Waals surface area contributed by atoms with E-state index in [0.717, 1.165) is 30.9 Å². The second kappa shape index (κ2) is 9.73. The van der Waals surface area contributed by atoms with Crippen LogP contribution >= 0.6 is 0 Å². The normalized spacial score (nSPS) is 16.4. The van der Waals surface area contributed by atoms with Crippen molar-refractivity contribution in [2.24, 2.45) is 0 Å². The summed E-state index contributed by atoms with van der Waals surface area (Å²) in [5.41, 5.74) is 2.39. The van der Waals surface area contributed by atoms with Gasteiger partial charge in [-0.15, -0.1) is 0 Å². The molecule has 0 aliphatic carbocycles. The number of hydrogen-bond acceptors (Lipinski definition) is 5. The lowest BCUT2D eigenvalue weighted by Gasteiger charge is -2.19. The number of benzene rings is 2. The minimum absolute atomic E-state index is 0.134. The van der Waals surface area contributed by atoms with Crippen LogP contribution in [0.5, 0.6) is 11.5 Å². The Morgan fingerprint density at radius 2 is 1.77 bits per heavy atom. The van der Waals surface area contributed by atoms with Gasteiger partial charge in [0, 0.05) is 48.9 Å². The van der Waals surface area contributed by atoms with E-state index in [1.165, 1.54) is 12.8 Å². The van der Waals surface area contributed by atoms with Gasteiger partial charge in [-0.1, -0.05) is 6.07 Å². The second-order valence-electron chi connectivity index (χ2n) is 8.08. The molecular weight excluding hydrogens is 394 g/mol. The van der Waals surface area contributed by atoms with Gasteiger partial charge in [-0.3, -0.25) is 9.59 Å². The van der Waals surface area contributed by atoms with E-state index in [1.807, 2.05) is 25.1 Å². The molecule has 2 N–H and O–H groups in total. The van der Waals surface area contributed by atoms with Gasteiger partial charge in [0.1, 0.15) is 0 Å². The molecule has 0 spiro atoms. The summed E-state index contributed by atoms with van der Waals surface area (Å²) in [6.07, 6.45) is 3.40. The Balaban J connectivity index is 1.31. The molecule has 4 rings (SSSR count). The predicted octanol–water partition coefficient (Wildman–Crippen LogP) is 3.60. The van der Waals surface area contributed by atoms with Gasteiger partial charge < -0.3 is 25.0 Å². The maximum absolute atomic E-state index is 12.6. The van der Waals surface area contributed by atoms with E-state index < -0.39 is 0 Å². The summed E-state index contributed by atoms with van der Waals surface area (Å²) in [6, 6.07) is 12.7. The molecule has 2 aromatic rings. The first kappa shape index (κ1) is 21.0. The first-order chi connectivity index (χ1) is 15.1. The fraction of sp³-hybridized carbons (Fsp3) is 0.417. The van der Waals surface area contributed by atoms with Crippen molar-refractivity contribution in [3.8, 4) is 11.5 Å². The molecule has 1 saturated heterocycles. The largest absolute Gasteiger partial charge is 0.490 e. The van der Waals surface area contributed by atoms with Crippen LogP contribution in [0.1, 0.15) is 43.0 Å². The van der Waals surface area contributed by atoms with E-state index in [0.29, 0.717) is 30.3 Å². The molecule has 1 unspecified atom stereocenters. The molecule has 164 valence electrons. The van der Waals surface area contributed by atoms with Crippen LogP contribution in [0.4, 0.5) is 11.4 Å². The van der Waals surface area contributed by atoms with Crippen LogP contribution in [0.25, 0.3) is 0 Å². The smallest absolute Gasteiger partial charge is 0.251 e. The number of rotatable bonds is 6. The lowest BCUT2D eigenvalue weighted by atomic mass is 10.1. The standard InChI is InChI=1S/C24H29N3O4/c1-17(25-24(29)18-8-9-21-22(15-18)31-13-5-12-30-21)14-23(28)26-19-6-4-7-20(16-19)27-10-2-3-11-27/h4,6-9,15-17H,2-3,5,10-14H2,1H3,(H,25,29)(H,26,28). The van der Waals surface area contributed by atoms with Crippen molar-refractivity contribution in [1.82, 2.24) is 5.32 Å². The van der Waals surface area contributed by atoms with Crippen LogP contribution in [0.2, 0.25) is 0 Å². The van der Waals surface area contributed by atoms with Crippen molar-refractivity contribution in [1.29, 1.82) is 0 Å². The summed E-state index contributed by atoms with van der Waals surface area (Å²) < 4.78 is 11.3. The topological polar surface area (TPSA) is 79.9 Å². The van der Waals surface area contributed by atoms with E-state index >= 15 is 0 Å². The highest BCUT2D eigenvalue weighted by Crippen LogP contribution is 2.30. The van der Waals surface area contributed by atoms with Crippen LogP contribution in [0, 0.1) is 0 Å². The first-order valence-electron chi connectivity index (χ1n) is 10.9. The van der Waals surface area contributed by atoms with Crippen LogP contribution in [-0.2, 0) is 4.79 Å². The average molecular weight is 424 g/mol. The molecular formula is C24H29N3O4. The van der Waals surface area contributed by atoms with Gasteiger partial charge in [-0.25, -0.2) is 0 Å². The maximum Gasteiger partial charge on any atom is 0.251 e. The molecule has 7 nitrogen and oxygen atoms in total. The molecule has 2 aliphatic rings. The number of carbonyl (C=O) groups is 2. The average Bonchev–Trinajstić information content (AvgIpc) is 3.19. The van der Waals surface area contributed by atoms with E-state index in [-0.39, 0.29) is 24.3 Å². The fourth-order valence-electron chi connectivity index (χ4n) is 3.91. The van der Waals surface area contributed by atoms with Crippen LogP contribution in [0.3, 0.4) is 0 Å². The Morgan fingerprint density at radius 3 is 2.58 bits per heavy atom. The molecule has 0 radical (unpaired) electrons. The van der Waals surface area contributed by atoms with Gasteiger partial charge >= 0.3 is 0 Å². The lowest BCUT2D eigenvalue weighted by Crippen LogP contribution is -2.35. The van der Waals surface area contributed by atoms with Gasteiger partial charge in [-0.2, -0.15) is 0 Å².